The summed E-state index contributed by atoms with van der Waals surface area (Å²) in [4.78, 5) is 26.3. The third kappa shape index (κ3) is 2.04. The molecule has 2 amide bonds. The molecule has 19 heavy (non-hydrogen) atoms. The third-order valence-corrected chi connectivity index (χ3v) is 4.76. The Morgan fingerprint density at radius 3 is 2.53 bits per heavy atom. The minimum atomic E-state index is -0.423. The summed E-state index contributed by atoms with van der Waals surface area (Å²) >= 11 is 0. The number of methoxy groups -OCH3 is 1. The van der Waals surface area contributed by atoms with Crippen molar-refractivity contribution in [2.24, 2.45) is 5.41 Å². The zero-order chi connectivity index (χ0) is 14.4. The van der Waals surface area contributed by atoms with Crippen molar-refractivity contribution < 1.29 is 14.3 Å². The van der Waals surface area contributed by atoms with E-state index in [0.29, 0.717) is 6.42 Å². The molecule has 0 aromatic rings. The molecule has 5 heteroatoms. The van der Waals surface area contributed by atoms with Crippen molar-refractivity contribution in [3.05, 3.63) is 0 Å². The topological polar surface area (TPSA) is 58.6 Å². The van der Waals surface area contributed by atoms with Crippen LogP contribution in [0.1, 0.15) is 40.5 Å². The molecule has 2 aliphatic rings. The molecule has 4 unspecified atom stereocenters. The fourth-order valence-corrected chi connectivity index (χ4v) is 3.36. The fourth-order valence-electron chi connectivity index (χ4n) is 3.36. The lowest BCUT2D eigenvalue weighted by molar-refractivity contribution is -0.178. The number of ether oxygens (including phenoxy) is 1. The van der Waals surface area contributed by atoms with Crippen LogP contribution in [-0.2, 0) is 14.3 Å². The number of amides is 2. The molecular weight excluding hydrogens is 244 g/mol. The van der Waals surface area contributed by atoms with Gasteiger partial charge in [-0.25, -0.2) is 0 Å². The highest BCUT2D eigenvalue weighted by Crippen LogP contribution is 2.47. The number of rotatable bonds is 3. The van der Waals surface area contributed by atoms with Crippen LogP contribution in [0, 0.1) is 5.41 Å². The van der Waals surface area contributed by atoms with E-state index in [1.165, 1.54) is 0 Å². The fraction of sp³-hybridized carbons (Fsp3) is 0.857. The maximum atomic E-state index is 12.4. The third-order valence-electron chi connectivity index (χ3n) is 4.76. The van der Waals surface area contributed by atoms with Gasteiger partial charge < -0.3 is 15.0 Å². The first-order chi connectivity index (χ1) is 8.84. The van der Waals surface area contributed by atoms with Gasteiger partial charge in [-0.15, -0.1) is 0 Å². The Labute approximate surface area is 114 Å². The van der Waals surface area contributed by atoms with Crippen LogP contribution in [0.25, 0.3) is 0 Å². The Morgan fingerprint density at radius 1 is 1.42 bits per heavy atom. The van der Waals surface area contributed by atoms with Crippen molar-refractivity contribution in [1.29, 1.82) is 0 Å². The molecule has 0 spiro atoms. The number of carbonyl (C=O) groups is 2. The molecule has 1 aliphatic heterocycles. The molecule has 1 aliphatic carbocycles. The van der Waals surface area contributed by atoms with Crippen molar-refractivity contribution in [2.75, 3.05) is 7.11 Å². The number of nitrogens with zero attached hydrogens (tertiary/aromatic N) is 1. The number of carbonyl (C=O) groups excluding carboxylic acids is 2. The van der Waals surface area contributed by atoms with Gasteiger partial charge in [0.15, 0.2) is 0 Å². The normalized spacial score (nSPS) is 37.8. The highest BCUT2D eigenvalue weighted by molar-refractivity contribution is 5.97. The maximum absolute atomic E-state index is 12.4. The average molecular weight is 268 g/mol. The zero-order valence-electron chi connectivity index (χ0n) is 12.4. The van der Waals surface area contributed by atoms with Crippen molar-refractivity contribution in [3.8, 4) is 0 Å². The van der Waals surface area contributed by atoms with Crippen molar-refractivity contribution in [3.63, 3.8) is 0 Å². The van der Waals surface area contributed by atoms with E-state index in [0.717, 1.165) is 6.42 Å². The Morgan fingerprint density at radius 2 is 2.05 bits per heavy atom. The van der Waals surface area contributed by atoms with E-state index in [1.54, 1.807) is 18.9 Å². The lowest BCUT2D eigenvalue weighted by Gasteiger charge is -2.58. The Bertz CT molecular complexity index is 394. The minimum Gasteiger partial charge on any atom is -0.381 e. The summed E-state index contributed by atoms with van der Waals surface area (Å²) in [6, 6.07) is -0.679. The molecule has 0 aromatic carbocycles. The van der Waals surface area contributed by atoms with Gasteiger partial charge in [-0.2, -0.15) is 0 Å². The molecule has 0 aromatic heterocycles. The van der Waals surface area contributed by atoms with Crippen LogP contribution in [0.15, 0.2) is 0 Å². The van der Waals surface area contributed by atoms with Gasteiger partial charge in [0.25, 0.3) is 0 Å². The monoisotopic (exact) mass is 268 g/mol. The van der Waals surface area contributed by atoms with E-state index in [-0.39, 0.29) is 35.4 Å². The van der Waals surface area contributed by atoms with Crippen molar-refractivity contribution in [1.82, 2.24) is 10.2 Å². The van der Waals surface area contributed by atoms with Crippen LogP contribution in [0.5, 0.6) is 0 Å². The second-order valence-electron chi connectivity index (χ2n) is 6.20. The van der Waals surface area contributed by atoms with Gasteiger partial charge in [-0.05, 0) is 19.8 Å². The smallest absolute Gasteiger partial charge is 0.245 e. The molecule has 1 heterocycles. The molecule has 4 atom stereocenters. The van der Waals surface area contributed by atoms with Gasteiger partial charge in [0.05, 0.1) is 6.10 Å². The average Bonchev–Trinajstić information content (AvgIpc) is 2.34. The van der Waals surface area contributed by atoms with Gasteiger partial charge in [0.1, 0.15) is 12.1 Å². The molecule has 2 rings (SSSR count). The van der Waals surface area contributed by atoms with E-state index in [4.69, 9.17) is 4.74 Å². The SMILES string of the molecule is CCC1C(=O)NC(C)C(=O)N1C1CC(OC)C1(C)C. The van der Waals surface area contributed by atoms with E-state index < -0.39 is 6.04 Å². The summed E-state index contributed by atoms with van der Waals surface area (Å²) in [6.45, 7) is 7.90. The summed E-state index contributed by atoms with van der Waals surface area (Å²) in [5.41, 5.74) is -0.102. The predicted molar refractivity (Wildman–Crippen MR) is 71.5 cm³/mol. The van der Waals surface area contributed by atoms with E-state index in [2.05, 4.69) is 19.2 Å². The molecular formula is C14H24N2O3. The molecule has 1 saturated heterocycles. The van der Waals surface area contributed by atoms with Crippen LogP contribution < -0.4 is 5.32 Å². The van der Waals surface area contributed by atoms with Gasteiger partial charge in [-0.1, -0.05) is 20.8 Å². The second kappa shape index (κ2) is 4.78. The Kier molecular flexibility index (Phi) is 3.60. The highest BCUT2D eigenvalue weighted by Gasteiger charge is 2.56. The number of hydrogen-bond acceptors (Lipinski definition) is 3. The first-order valence-corrected chi connectivity index (χ1v) is 6.99. The van der Waals surface area contributed by atoms with Crippen LogP contribution in [0.4, 0.5) is 0 Å². The molecule has 1 saturated carbocycles. The summed E-state index contributed by atoms with van der Waals surface area (Å²) in [7, 11) is 1.70. The molecule has 0 radical (unpaired) electrons. The summed E-state index contributed by atoms with van der Waals surface area (Å²) in [5, 5.41) is 2.75. The van der Waals surface area contributed by atoms with E-state index in [9.17, 15) is 9.59 Å². The first kappa shape index (κ1) is 14.3. The van der Waals surface area contributed by atoms with E-state index in [1.807, 2.05) is 6.92 Å². The molecule has 0 bridgehead atoms. The quantitative estimate of drug-likeness (QED) is 0.828. The second-order valence-corrected chi connectivity index (χ2v) is 6.20. The first-order valence-electron chi connectivity index (χ1n) is 6.99. The highest BCUT2D eigenvalue weighted by atomic mass is 16.5. The lowest BCUT2D eigenvalue weighted by atomic mass is 9.63. The molecule has 1 N–H and O–H groups in total. The summed E-state index contributed by atoms with van der Waals surface area (Å²) < 4.78 is 5.44. The van der Waals surface area contributed by atoms with Crippen molar-refractivity contribution in [2.45, 2.75) is 64.8 Å². The van der Waals surface area contributed by atoms with E-state index >= 15 is 0 Å². The molecule has 108 valence electrons. The molecule has 5 nitrogen and oxygen atoms in total. The van der Waals surface area contributed by atoms with Gasteiger partial charge in [0.2, 0.25) is 11.8 Å². The number of piperazine rings is 1. The Balaban J connectivity index is 2.25. The van der Waals surface area contributed by atoms with Crippen molar-refractivity contribution >= 4 is 11.8 Å². The predicted octanol–water partition coefficient (Wildman–Crippen LogP) is 0.925. The standard InChI is InChI=1S/C14H24N2O3/c1-6-9-12(17)15-8(2)13(18)16(9)10-7-11(19-5)14(10,3)4/h8-11H,6-7H2,1-5H3,(H,15,17). The van der Waals surface area contributed by atoms with Crippen LogP contribution >= 0.6 is 0 Å². The van der Waals surface area contributed by atoms with Crippen LogP contribution in [-0.4, -0.2) is 48.1 Å². The minimum absolute atomic E-state index is 0.0269. The van der Waals surface area contributed by atoms with Gasteiger partial charge in [-0.3, -0.25) is 9.59 Å². The molecule has 2 fully saturated rings. The zero-order valence-corrected chi connectivity index (χ0v) is 12.4. The number of hydrogen-bond donors (Lipinski definition) is 1. The largest absolute Gasteiger partial charge is 0.381 e. The van der Waals surface area contributed by atoms with Gasteiger partial charge in [0, 0.05) is 18.6 Å². The number of nitrogens with one attached hydrogen (secondary N) is 1. The van der Waals surface area contributed by atoms with Gasteiger partial charge >= 0.3 is 0 Å². The summed E-state index contributed by atoms with van der Waals surface area (Å²) in [6.07, 6.45) is 1.61. The maximum Gasteiger partial charge on any atom is 0.245 e. The van der Waals surface area contributed by atoms with Crippen LogP contribution in [0.2, 0.25) is 0 Å². The van der Waals surface area contributed by atoms with Crippen LogP contribution in [0.3, 0.4) is 0 Å². The summed E-state index contributed by atoms with van der Waals surface area (Å²) in [5.74, 6) is -0.00894. The Hall–Kier alpha value is -1.10. The lowest BCUT2D eigenvalue weighted by Crippen LogP contribution is -2.72.